The number of hydrogen-bond donors (Lipinski definition) is 2. The van der Waals surface area contributed by atoms with Gasteiger partial charge in [-0.2, -0.15) is 0 Å². The van der Waals surface area contributed by atoms with Crippen LogP contribution in [0.5, 0.6) is 0 Å². The number of carbonyl (C=O) groups is 1. The van der Waals surface area contributed by atoms with Gasteiger partial charge < -0.3 is 20.1 Å². The first-order valence-electron chi connectivity index (χ1n) is 6.68. The zero-order valence-electron chi connectivity index (χ0n) is 12.1. The molecule has 0 fully saturated rings. The Hall–Kier alpha value is -0.650. The second-order valence-corrected chi connectivity index (χ2v) is 4.53. The van der Waals surface area contributed by atoms with Crippen molar-refractivity contribution < 1.29 is 14.3 Å². The highest BCUT2D eigenvalue weighted by Crippen LogP contribution is 1.99. The van der Waals surface area contributed by atoms with E-state index in [0.29, 0.717) is 19.8 Å². The van der Waals surface area contributed by atoms with E-state index in [2.05, 4.69) is 17.6 Å². The summed E-state index contributed by atoms with van der Waals surface area (Å²) < 4.78 is 11.2. The number of nitrogens with one attached hydrogen (secondary N) is 2. The Morgan fingerprint density at radius 1 is 1.06 bits per heavy atom. The molecule has 0 aliphatic rings. The SMILES string of the molecule is CNCCC(C)OCCOC(C)CCNC(C)=O. The number of rotatable bonds is 11. The summed E-state index contributed by atoms with van der Waals surface area (Å²) in [4.78, 5) is 10.7. The standard InChI is InChI=1S/C13H28N2O3/c1-11(5-7-14-4)17-9-10-18-12(2)6-8-15-13(3)16/h11-12,14H,5-10H2,1-4H3,(H,15,16). The van der Waals surface area contributed by atoms with Gasteiger partial charge in [0.15, 0.2) is 0 Å². The average Bonchev–Trinajstić information content (AvgIpc) is 2.31. The molecule has 0 rings (SSSR count). The molecule has 1 amide bonds. The fourth-order valence-corrected chi connectivity index (χ4v) is 1.46. The summed E-state index contributed by atoms with van der Waals surface area (Å²) >= 11 is 0. The Morgan fingerprint density at radius 2 is 1.56 bits per heavy atom. The van der Waals surface area contributed by atoms with Crippen molar-refractivity contribution >= 4 is 5.91 Å². The molecule has 0 heterocycles. The van der Waals surface area contributed by atoms with Crippen molar-refractivity contribution in [1.29, 1.82) is 0 Å². The van der Waals surface area contributed by atoms with E-state index in [1.54, 1.807) is 0 Å². The minimum absolute atomic E-state index is 0.00360. The van der Waals surface area contributed by atoms with Gasteiger partial charge >= 0.3 is 0 Å². The maximum atomic E-state index is 10.7. The number of ether oxygens (including phenoxy) is 2. The van der Waals surface area contributed by atoms with Gasteiger partial charge in [0.25, 0.3) is 0 Å². The van der Waals surface area contributed by atoms with Crippen molar-refractivity contribution in [2.24, 2.45) is 0 Å². The summed E-state index contributed by atoms with van der Waals surface area (Å²) in [5.41, 5.74) is 0. The lowest BCUT2D eigenvalue weighted by atomic mass is 10.3. The van der Waals surface area contributed by atoms with Gasteiger partial charge in [-0.05, 0) is 40.3 Å². The summed E-state index contributed by atoms with van der Waals surface area (Å²) in [5.74, 6) is 0.00360. The smallest absolute Gasteiger partial charge is 0.216 e. The van der Waals surface area contributed by atoms with E-state index in [1.807, 2.05) is 14.0 Å². The molecular formula is C13H28N2O3. The van der Waals surface area contributed by atoms with Crippen LogP contribution >= 0.6 is 0 Å². The van der Waals surface area contributed by atoms with Crippen LogP contribution in [0, 0.1) is 0 Å². The van der Waals surface area contributed by atoms with Crippen molar-refractivity contribution in [2.75, 3.05) is 33.4 Å². The van der Waals surface area contributed by atoms with Gasteiger partial charge in [0.1, 0.15) is 0 Å². The van der Waals surface area contributed by atoms with Gasteiger partial charge in [-0.1, -0.05) is 0 Å². The molecule has 0 aromatic heterocycles. The molecule has 2 N–H and O–H groups in total. The largest absolute Gasteiger partial charge is 0.376 e. The lowest BCUT2D eigenvalue weighted by molar-refractivity contribution is -0.119. The van der Waals surface area contributed by atoms with E-state index in [1.165, 1.54) is 6.92 Å². The lowest BCUT2D eigenvalue weighted by Crippen LogP contribution is -2.25. The second-order valence-electron chi connectivity index (χ2n) is 4.53. The van der Waals surface area contributed by atoms with Gasteiger partial charge in [-0.3, -0.25) is 4.79 Å². The summed E-state index contributed by atoms with van der Waals surface area (Å²) in [6, 6.07) is 0. The average molecular weight is 260 g/mol. The summed E-state index contributed by atoms with van der Waals surface area (Å²) in [7, 11) is 1.94. The van der Waals surface area contributed by atoms with Gasteiger partial charge in [0.05, 0.1) is 25.4 Å². The molecule has 0 radical (unpaired) electrons. The van der Waals surface area contributed by atoms with Crippen molar-refractivity contribution in [3.63, 3.8) is 0 Å². The highest BCUT2D eigenvalue weighted by molar-refractivity contribution is 5.72. The second kappa shape index (κ2) is 11.4. The van der Waals surface area contributed by atoms with Crippen molar-refractivity contribution in [1.82, 2.24) is 10.6 Å². The Kier molecular flexibility index (Phi) is 11.0. The monoisotopic (exact) mass is 260 g/mol. The molecule has 0 aromatic rings. The molecule has 18 heavy (non-hydrogen) atoms. The number of hydrogen-bond acceptors (Lipinski definition) is 4. The van der Waals surface area contributed by atoms with E-state index in [4.69, 9.17) is 9.47 Å². The van der Waals surface area contributed by atoms with E-state index >= 15 is 0 Å². The van der Waals surface area contributed by atoms with Crippen LogP contribution in [-0.4, -0.2) is 51.5 Å². The maximum absolute atomic E-state index is 10.7. The first kappa shape index (κ1) is 17.4. The minimum Gasteiger partial charge on any atom is -0.376 e. The molecule has 2 unspecified atom stereocenters. The van der Waals surface area contributed by atoms with Crippen molar-refractivity contribution in [2.45, 2.75) is 45.8 Å². The summed E-state index contributed by atoms with van der Waals surface area (Å²) in [5, 5.41) is 5.84. The summed E-state index contributed by atoms with van der Waals surface area (Å²) in [6.07, 6.45) is 2.24. The third-order valence-corrected chi connectivity index (χ3v) is 2.61. The first-order chi connectivity index (χ1) is 8.56. The van der Waals surface area contributed by atoms with Crippen LogP contribution in [0.2, 0.25) is 0 Å². The van der Waals surface area contributed by atoms with Gasteiger partial charge in [0, 0.05) is 13.5 Å². The molecule has 0 aliphatic carbocycles. The Bertz CT molecular complexity index is 212. The van der Waals surface area contributed by atoms with Crippen LogP contribution in [0.1, 0.15) is 33.6 Å². The van der Waals surface area contributed by atoms with Crippen molar-refractivity contribution in [3.05, 3.63) is 0 Å². The van der Waals surface area contributed by atoms with Crippen LogP contribution in [-0.2, 0) is 14.3 Å². The molecule has 5 nitrogen and oxygen atoms in total. The first-order valence-corrected chi connectivity index (χ1v) is 6.68. The lowest BCUT2D eigenvalue weighted by Gasteiger charge is -2.16. The quantitative estimate of drug-likeness (QED) is 0.543. The maximum Gasteiger partial charge on any atom is 0.216 e. The molecule has 108 valence electrons. The normalized spacial score (nSPS) is 14.2. The number of carbonyl (C=O) groups excluding carboxylic acids is 1. The molecule has 0 saturated heterocycles. The highest BCUT2D eigenvalue weighted by atomic mass is 16.5. The van der Waals surface area contributed by atoms with E-state index in [-0.39, 0.29) is 18.1 Å². The predicted octanol–water partition coefficient (Wildman–Crippen LogP) is 0.932. The third kappa shape index (κ3) is 11.8. The Balaban J connectivity index is 3.34. The van der Waals surface area contributed by atoms with Crippen LogP contribution in [0.15, 0.2) is 0 Å². The molecule has 0 saturated carbocycles. The number of amides is 1. The van der Waals surface area contributed by atoms with Gasteiger partial charge in [-0.15, -0.1) is 0 Å². The summed E-state index contributed by atoms with van der Waals surface area (Å²) in [6.45, 7) is 8.45. The van der Waals surface area contributed by atoms with Crippen LogP contribution < -0.4 is 10.6 Å². The van der Waals surface area contributed by atoms with Gasteiger partial charge in [-0.25, -0.2) is 0 Å². The van der Waals surface area contributed by atoms with Crippen LogP contribution in [0.25, 0.3) is 0 Å². The molecule has 2 atom stereocenters. The Labute approximate surface area is 111 Å². The fourth-order valence-electron chi connectivity index (χ4n) is 1.46. The molecule has 5 heteroatoms. The highest BCUT2D eigenvalue weighted by Gasteiger charge is 2.04. The van der Waals surface area contributed by atoms with E-state index < -0.39 is 0 Å². The Morgan fingerprint density at radius 3 is 2.00 bits per heavy atom. The molecule has 0 spiro atoms. The zero-order chi connectivity index (χ0) is 13.8. The molecule has 0 aromatic carbocycles. The minimum atomic E-state index is 0.00360. The predicted molar refractivity (Wildman–Crippen MR) is 72.7 cm³/mol. The third-order valence-electron chi connectivity index (χ3n) is 2.61. The molecule has 0 bridgehead atoms. The van der Waals surface area contributed by atoms with Crippen LogP contribution in [0.4, 0.5) is 0 Å². The fraction of sp³-hybridized carbons (Fsp3) is 0.923. The van der Waals surface area contributed by atoms with Crippen molar-refractivity contribution in [3.8, 4) is 0 Å². The molecule has 0 aliphatic heterocycles. The van der Waals surface area contributed by atoms with E-state index in [9.17, 15) is 4.79 Å². The van der Waals surface area contributed by atoms with E-state index in [0.717, 1.165) is 19.4 Å². The topological polar surface area (TPSA) is 59.6 Å². The molecular weight excluding hydrogens is 232 g/mol. The van der Waals surface area contributed by atoms with Gasteiger partial charge in [0.2, 0.25) is 5.91 Å². The van der Waals surface area contributed by atoms with Crippen LogP contribution in [0.3, 0.4) is 0 Å². The zero-order valence-corrected chi connectivity index (χ0v) is 12.1.